The van der Waals surface area contributed by atoms with Crippen LogP contribution in [0.25, 0.3) is 0 Å². The minimum atomic E-state index is 0.431. The fourth-order valence-corrected chi connectivity index (χ4v) is 1.97. The van der Waals surface area contributed by atoms with Crippen molar-refractivity contribution in [2.24, 2.45) is 5.73 Å². The van der Waals surface area contributed by atoms with Gasteiger partial charge in [0, 0.05) is 17.1 Å². The van der Waals surface area contributed by atoms with Crippen LogP contribution in [0, 0.1) is 0 Å². The number of hydrogen-bond acceptors (Lipinski definition) is 2. The van der Waals surface area contributed by atoms with Gasteiger partial charge in [0.1, 0.15) is 11.5 Å². The molecule has 0 aliphatic carbocycles. The molecule has 2 N–H and O–H groups in total. The van der Waals surface area contributed by atoms with Crippen LogP contribution >= 0.6 is 11.6 Å². The van der Waals surface area contributed by atoms with Gasteiger partial charge in [0.25, 0.3) is 0 Å². The minimum absolute atomic E-state index is 0.431. The van der Waals surface area contributed by atoms with Crippen LogP contribution in [-0.2, 0) is 13.0 Å². The second-order valence-corrected chi connectivity index (χ2v) is 4.46. The van der Waals surface area contributed by atoms with E-state index in [0.717, 1.165) is 23.5 Å². The van der Waals surface area contributed by atoms with Crippen LogP contribution in [0.3, 0.4) is 0 Å². The topological polar surface area (TPSA) is 35.2 Å². The number of benzene rings is 2. The first-order chi connectivity index (χ1) is 8.74. The van der Waals surface area contributed by atoms with Crippen LogP contribution in [0.15, 0.2) is 42.5 Å². The van der Waals surface area contributed by atoms with Crippen molar-refractivity contribution in [3.8, 4) is 11.5 Å². The summed E-state index contributed by atoms with van der Waals surface area (Å²) in [5.41, 5.74) is 7.82. The van der Waals surface area contributed by atoms with Gasteiger partial charge < -0.3 is 10.5 Å². The molecule has 0 aliphatic rings. The van der Waals surface area contributed by atoms with Gasteiger partial charge in [0.15, 0.2) is 0 Å². The number of nitrogens with two attached hydrogens (primary N) is 1. The fraction of sp³-hybridized carbons (Fsp3) is 0.200. The van der Waals surface area contributed by atoms with Crippen LogP contribution in [-0.4, -0.2) is 0 Å². The Bertz CT molecular complexity index is 540. The van der Waals surface area contributed by atoms with Gasteiger partial charge in [-0.3, -0.25) is 0 Å². The van der Waals surface area contributed by atoms with Gasteiger partial charge in [-0.1, -0.05) is 42.8 Å². The first kappa shape index (κ1) is 12.9. The van der Waals surface area contributed by atoms with E-state index in [1.807, 2.05) is 30.3 Å². The molecule has 0 radical (unpaired) electrons. The predicted octanol–water partition coefficient (Wildman–Crippen LogP) is 4.15. The zero-order valence-electron chi connectivity index (χ0n) is 10.3. The van der Waals surface area contributed by atoms with E-state index < -0.39 is 0 Å². The lowest BCUT2D eigenvalue weighted by Crippen LogP contribution is -2.00. The molecule has 2 nitrogen and oxygen atoms in total. The first-order valence-corrected chi connectivity index (χ1v) is 6.36. The van der Waals surface area contributed by atoms with Gasteiger partial charge in [-0.15, -0.1) is 0 Å². The zero-order chi connectivity index (χ0) is 13.0. The molecule has 0 atom stereocenters. The highest BCUT2D eigenvalue weighted by atomic mass is 35.5. The molecule has 0 aliphatic heterocycles. The quantitative estimate of drug-likeness (QED) is 0.897. The Balaban J connectivity index is 2.36. The molecule has 0 spiro atoms. The summed E-state index contributed by atoms with van der Waals surface area (Å²) in [6.45, 7) is 2.53. The van der Waals surface area contributed by atoms with Gasteiger partial charge in [0.05, 0.1) is 0 Å². The standard InChI is InChI=1S/C15H16ClNO/c1-2-11-5-3-4-6-14(11)18-15-9-13(16)8-7-12(15)10-17/h3-9H,2,10,17H2,1H3. The zero-order valence-corrected chi connectivity index (χ0v) is 11.1. The van der Waals surface area contributed by atoms with Crippen molar-refractivity contribution in [1.82, 2.24) is 0 Å². The lowest BCUT2D eigenvalue weighted by molar-refractivity contribution is 0.471. The van der Waals surface area contributed by atoms with Crippen molar-refractivity contribution in [2.45, 2.75) is 19.9 Å². The molecule has 2 aromatic carbocycles. The molecule has 0 unspecified atom stereocenters. The van der Waals surface area contributed by atoms with Gasteiger partial charge >= 0.3 is 0 Å². The smallest absolute Gasteiger partial charge is 0.133 e. The second-order valence-electron chi connectivity index (χ2n) is 4.02. The van der Waals surface area contributed by atoms with Crippen molar-refractivity contribution in [3.63, 3.8) is 0 Å². The SMILES string of the molecule is CCc1ccccc1Oc1cc(Cl)ccc1CN. The van der Waals surface area contributed by atoms with Crippen molar-refractivity contribution in [3.05, 3.63) is 58.6 Å². The molecule has 0 heterocycles. The average Bonchev–Trinajstić information content (AvgIpc) is 2.40. The maximum Gasteiger partial charge on any atom is 0.133 e. The average molecular weight is 262 g/mol. The summed E-state index contributed by atoms with van der Waals surface area (Å²) < 4.78 is 5.94. The molecule has 0 amide bonds. The Labute approximate surface area is 112 Å². The first-order valence-electron chi connectivity index (χ1n) is 5.99. The van der Waals surface area contributed by atoms with E-state index in [0.29, 0.717) is 11.6 Å². The molecular weight excluding hydrogens is 246 g/mol. The number of ether oxygens (including phenoxy) is 1. The normalized spacial score (nSPS) is 10.4. The number of halogens is 1. The number of rotatable bonds is 4. The molecule has 0 saturated carbocycles. The summed E-state index contributed by atoms with van der Waals surface area (Å²) in [6.07, 6.45) is 0.925. The summed E-state index contributed by atoms with van der Waals surface area (Å²) in [4.78, 5) is 0. The Morgan fingerprint density at radius 2 is 1.83 bits per heavy atom. The maximum atomic E-state index is 5.99. The maximum absolute atomic E-state index is 5.99. The second kappa shape index (κ2) is 5.89. The summed E-state index contributed by atoms with van der Waals surface area (Å²) in [5.74, 6) is 1.59. The van der Waals surface area contributed by atoms with Gasteiger partial charge in [-0.25, -0.2) is 0 Å². The molecule has 0 fully saturated rings. The molecular formula is C15H16ClNO. The Morgan fingerprint density at radius 3 is 2.56 bits per heavy atom. The number of aryl methyl sites for hydroxylation is 1. The van der Waals surface area contributed by atoms with Crippen molar-refractivity contribution in [2.75, 3.05) is 0 Å². The molecule has 94 valence electrons. The highest BCUT2D eigenvalue weighted by molar-refractivity contribution is 6.30. The number of hydrogen-bond donors (Lipinski definition) is 1. The molecule has 0 aromatic heterocycles. The lowest BCUT2D eigenvalue weighted by atomic mass is 10.1. The monoisotopic (exact) mass is 261 g/mol. The van der Waals surface area contributed by atoms with Crippen LogP contribution < -0.4 is 10.5 Å². The largest absolute Gasteiger partial charge is 0.457 e. The van der Waals surface area contributed by atoms with E-state index in [1.54, 1.807) is 6.07 Å². The summed E-state index contributed by atoms with van der Waals surface area (Å²) in [7, 11) is 0. The van der Waals surface area contributed by atoms with E-state index >= 15 is 0 Å². The lowest BCUT2D eigenvalue weighted by Gasteiger charge is -2.13. The van der Waals surface area contributed by atoms with Crippen molar-refractivity contribution in [1.29, 1.82) is 0 Å². The van der Waals surface area contributed by atoms with E-state index in [-0.39, 0.29) is 0 Å². The summed E-state index contributed by atoms with van der Waals surface area (Å²) in [5, 5.41) is 0.649. The van der Waals surface area contributed by atoms with Crippen LogP contribution in [0.1, 0.15) is 18.1 Å². The molecule has 0 bridgehead atoms. The van der Waals surface area contributed by atoms with E-state index in [1.165, 1.54) is 5.56 Å². The molecule has 2 aromatic rings. The highest BCUT2D eigenvalue weighted by Gasteiger charge is 2.07. The third-order valence-corrected chi connectivity index (χ3v) is 3.06. The summed E-state index contributed by atoms with van der Waals surface area (Å²) >= 11 is 5.99. The number of para-hydroxylation sites is 1. The van der Waals surface area contributed by atoms with Crippen LogP contribution in [0.5, 0.6) is 11.5 Å². The molecule has 3 heteroatoms. The van der Waals surface area contributed by atoms with E-state index in [9.17, 15) is 0 Å². The van der Waals surface area contributed by atoms with E-state index in [4.69, 9.17) is 22.1 Å². The fourth-order valence-electron chi connectivity index (χ4n) is 1.81. The molecule has 2 rings (SSSR count). The highest BCUT2D eigenvalue weighted by Crippen LogP contribution is 2.30. The Hall–Kier alpha value is -1.51. The van der Waals surface area contributed by atoms with E-state index in [2.05, 4.69) is 13.0 Å². The molecule has 0 saturated heterocycles. The van der Waals surface area contributed by atoms with Crippen LogP contribution in [0.2, 0.25) is 5.02 Å². The third-order valence-electron chi connectivity index (χ3n) is 2.82. The van der Waals surface area contributed by atoms with Crippen molar-refractivity contribution < 1.29 is 4.74 Å². The van der Waals surface area contributed by atoms with Gasteiger partial charge in [-0.2, -0.15) is 0 Å². The van der Waals surface area contributed by atoms with Gasteiger partial charge in [0.2, 0.25) is 0 Å². The molecule has 18 heavy (non-hydrogen) atoms. The summed E-state index contributed by atoms with van der Waals surface area (Å²) in [6, 6.07) is 13.5. The predicted molar refractivity (Wildman–Crippen MR) is 75.2 cm³/mol. The third kappa shape index (κ3) is 2.84. The van der Waals surface area contributed by atoms with Crippen molar-refractivity contribution >= 4 is 11.6 Å². The Kier molecular flexibility index (Phi) is 4.24. The van der Waals surface area contributed by atoms with Crippen LogP contribution in [0.4, 0.5) is 0 Å². The van der Waals surface area contributed by atoms with Gasteiger partial charge in [-0.05, 0) is 30.2 Å². The minimum Gasteiger partial charge on any atom is -0.457 e. The Morgan fingerprint density at radius 1 is 1.06 bits per heavy atom.